The molecule has 2 rings (SSSR count). The Hall–Kier alpha value is -1.52. The van der Waals surface area contributed by atoms with Crippen molar-refractivity contribution in [2.75, 3.05) is 7.05 Å². The van der Waals surface area contributed by atoms with E-state index in [1.54, 1.807) is 18.2 Å². The van der Waals surface area contributed by atoms with Gasteiger partial charge in [-0.3, -0.25) is 4.90 Å². The Morgan fingerprint density at radius 2 is 1.95 bits per heavy atom. The minimum Gasteiger partial charge on any atom is -0.294 e. The van der Waals surface area contributed by atoms with Crippen LogP contribution in [0.3, 0.4) is 0 Å². The van der Waals surface area contributed by atoms with Gasteiger partial charge in [-0.05, 0) is 32.2 Å². The van der Waals surface area contributed by atoms with Gasteiger partial charge in [0.15, 0.2) is 5.15 Å². The lowest BCUT2D eigenvalue weighted by molar-refractivity contribution is 0.244. The average molecular weight is 280 g/mol. The smallest absolute Gasteiger partial charge is 0.151 e. The Balaban J connectivity index is 2.09. The molecule has 0 radical (unpaired) electrons. The summed E-state index contributed by atoms with van der Waals surface area (Å²) in [6.07, 6.45) is 0. The first-order chi connectivity index (χ1) is 9.08. The van der Waals surface area contributed by atoms with E-state index in [0.717, 1.165) is 5.69 Å². The minimum atomic E-state index is -0.191. The molecule has 0 aliphatic carbocycles. The molecule has 19 heavy (non-hydrogen) atoms. The van der Waals surface area contributed by atoms with Crippen LogP contribution < -0.4 is 0 Å². The average Bonchev–Trinajstić information content (AvgIpc) is 2.41. The zero-order valence-corrected chi connectivity index (χ0v) is 11.6. The molecule has 0 amide bonds. The topological polar surface area (TPSA) is 29.0 Å². The molecule has 1 aromatic carbocycles. The van der Waals surface area contributed by atoms with E-state index in [1.807, 2.05) is 31.0 Å². The quantitative estimate of drug-likeness (QED) is 0.858. The van der Waals surface area contributed by atoms with Gasteiger partial charge >= 0.3 is 0 Å². The minimum absolute atomic E-state index is 0.0429. The van der Waals surface area contributed by atoms with E-state index in [4.69, 9.17) is 11.6 Å². The van der Waals surface area contributed by atoms with Crippen LogP contribution in [0, 0.1) is 5.82 Å². The van der Waals surface area contributed by atoms with Crippen molar-refractivity contribution in [3.8, 4) is 0 Å². The molecule has 3 nitrogen and oxygen atoms in total. The first-order valence-electron chi connectivity index (χ1n) is 6.00. The summed E-state index contributed by atoms with van der Waals surface area (Å²) in [7, 11) is 1.92. The van der Waals surface area contributed by atoms with E-state index >= 15 is 0 Å². The molecule has 0 aliphatic rings. The highest BCUT2D eigenvalue weighted by Gasteiger charge is 2.15. The van der Waals surface area contributed by atoms with Crippen molar-refractivity contribution in [2.45, 2.75) is 19.5 Å². The Morgan fingerprint density at radius 1 is 1.21 bits per heavy atom. The molecule has 1 aromatic heterocycles. The Kier molecular flexibility index (Phi) is 4.45. The van der Waals surface area contributed by atoms with Crippen LogP contribution in [-0.4, -0.2) is 22.1 Å². The molecule has 0 saturated carbocycles. The first-order valence-corrected chi connectivity index (χ1v) is 6.38. The van der Waals surface area contributed by atoms with Gasteiger partial charge in [-0.15, -0.1) is 5.10 Å². The Labute approximate surface area is 117 Å². The molecule has 1 unspecified atom stereocenters. The van der Waals surface area contributed by atoms with Crippen molar-refractivity contribution in [3.05, 3.63) is 58.6 Å². The molecule has 2 aromatic rings. The second-order valence-electron chi connectivity index (χ2n) is 4.46. The van der Waals surface area contributed by atoms with Crippen molar-refractivity contribution in [2.24, 2.45) is 0 Å². The summed E-state index contributed by atoms with van der Waals surface area (Å²) in [5.74, 6) is -0.191. The third kappa shape index (κ3) is 3.49. The van der Waals surface area contributed by atoms with Gasteiger partial charge < -0.3 is 0 Å². The lowest BCUT2D eigenvalue weighted by atomic mass is 10.1. The molecule has 0 saturated heterocycles. The Bertz CT molecular complexity index is 545. The number of hydrogen-bond acceptors (Lipinski definition) is 3. The van der Waals surface area contributed by atoms with Gasteiger partial charge in [0.2, 0.25) is 0 Å². The van der Waals surface area contributed by atoms with Crippen LogP contribution in [0.1, 0.15) is 24.2 Å². The summed E-state index contributed by atoms with van der Waals surface area (Å²) in [4.78, 5) is 2.01. The summed E-state index contributed by atoms with van der Waals surface area (Å²) in [6.45, 7) is 2.54. The SMILES string of the molecule is CC(c1ccccc1F)N(C)Cc1ccc(Cl)nn1. The molecular weight excluding hydrogens is 265 g/mol. The molecule has 0 aliphatic heterocycles. The second kappa shape index (κ2) is 6.08. The van der Waals surface area contributed by atoms with Crippen LogP contribution in [0.25, 0.3) is 0 Å². The number of rotatable bonds is 4. The molecule has 0 spiro atoms. The van der Waals surface area contributed by atoms with Crippen LogP contribution in [-0.2, 0) is 6.54 Å². The lowest BCUT2D eigenvalue weighted by Gasteiger charge is -2.24. The fourth-order valence-corrected chi connectivity index (χ4v) is 1.97. The number of benzene rings is 1. The van der Waals surface area contributed by atoms with E-state index in [2.05, 4.69) is 10.2 Å². The molecule has 1 atom stereocenters. The monoisotopic (exact) mass is 279 g/mol. The highest BCUT2D eigenvalue weighted by Crippen LogP contribution is 2.22. The maximum atomic E-state index is 13.7. The predicted molar refractivity (Wildman–Crippen MR) is 73.3 cm³/mol. The normalized spacial score (nSPS) is 12.7. The molecule has 0 fully saturated rings. The highest BCUT2D eigenvalue weighted by molar-refractivity contribution is 6.29. The van der Waals surface area contributed by atoms with Crippen LogP contribution in [0.4, 0.5) is 4.39 Å². The molecule has 1 heterocycles. The summed E-state index contributed by atoms with van der Waals surface area (Å²) in [6, 6.07) is 10.3. The zero-order chi connectivity index (χ0) is 13.8. The van der Waals surface area contributed by atoms with E-state index in [9.17, 15) is 4.39 Å². The molecular formula is C14H15ClFN3. The largest absolute Gasteiger partial charge is 0.294 e. The van der Waals surface area contributed by atoms with Gasteiger partial charge in [-0.25, -0.2) is 4.39 Å². The van der Waals surface area contributed by atoms with Gasteiger partial charge in [0.05, 0.1) is 5.69 Å². The maximum absolute atomic E-state index is 13.7. The van der Waals surface area contributed by atoms with Gasteiger partial charge in [0.1, 0.15) is 5.82 Å². The van der Waals surface area contributed by atoms with Crippen molar-refractivity contribution in [3.63, 3.8) is 0 Å². The predicted octanol–water partition coefficient (Wildman–Crippen LogP) is 3.46. The number of nitrogens with zero attached hydrogens (tertiary/aromatic N) is 3. The standard InChI is InChI=1S/C14H15ClFN3/c1-10(12-5-3-4-6-13(12)16)19(2)9-11-7-8-14(15)18-17-11/h3-8,10H,9H2,1-2H3. The third-order valence-corrected chi connectivity index (χ3v) is 3.32. The van der Waals surface area contributed by atoms with Crippen LogP contribution in [0.2, 0.25) is 5.15 Å². The zero-order valence-electron chi connectivity index (χ0n) is 10.8. The highest BCUT2D eigenvalue weighted by atomic mass is 35.5. The molecule has 5 heteroatoms. The number of halogens is 2. The van der Waals surface area contributed by atoms with Crippen LogP contribution >= 0.6 is 11.6 Å². The summed E-state index contributed by atoms with van der Waals surface area (Å²) in [5.41, 5.74) is 1.47. The summed E-state index contributed by atoms with van der Waals surface area (Å²) in [5, 5.41) is 8.16. The maximum Gasteiger partial charge on any atom is 0.151 e. The van der Waals surface area contributed by atoms with E-state index < -0.39 is 0 Å². The van der Waals surface area contributed by atoms with Crippen molar-refractivity contribution >= 4 is 11.6 Å². The van der Waals surface area contributed by atoms with Crippen molar-refractivity contribution in [1.82, 2.24) is 15.1 Å². The van der Waals surface area contributed by atoms with Gasteiger partial charge in [0.25, 0.3) is 0 Å². The molecule has 100 valence electrons. The van der Waals surface area contributed by atoms with Crippen molar-refractivity contribution < 1.29 is 4.39 Å². The van der Waals surface area contributed by atoms with Crippen LogP contribution in [0.5, 0.6) is 0 Å². The summed E-state index contributed by atoms with van der Waals surface area (Å²) < 4.78 is 13.7. The molecule has 0 bridgehead atoms. The number of hydrogen-bond donors (Lipinski definition) is 0. The van der Waals surface area contributed by atoms with Gasteiger partial charge in [-0.2, -0.15) is 5.10 Å². The summed E-state index contributed by atoms with van der Waals surface area (Å²) >= 11 is 5.69. The number of aromatic nitrogens is 2. The third-order valence-electron chi connectivity index (χ3n) is 3.12. The van der Waals surface area contributed by atoms with Gasteiger partial charge in [0, 0.05) is 18.2 Å². The Morgan fingerprint density at radius 3 is 2.58 bits per heavy atom. The van der Waals surface area contributed by atoms with E-state index in [1.165, 1.54) is 6.07 Å². The van der Waals surface area contributed by atoms with Crippen molar-refractivity contribution in [1.29, 1.82) is 0 Å². The fraction of sp³-hybridized carbons (Fsp3) is 0.286. The van der Waals surface area contributed by atoms with E-state index in [0.29, 0.717) is 17.3 Å². The second-order valence-corrected chi connectivity index (χ2v) is 4.85. The molecule has 0 N–H and O–H groups in total. The first kappa shape index (κ1) is 13.9. The van der Waals surface area contributed by atoms with E-state index in [-0.39, 0.29) is 11.9 Å². The van der Waals surface area contributed by atoms with Gasteiger partial charge in [-0.1, -0.05) is 29.8 Å². The lowest BCUT2D eigenvalue weighted by Crippen LogP contribution is -2.23. The van der Waals surface area contributed by atoms with Crippen LogP contribution in [0.15, 0.2) is 36.4 Å². The fourth-order valence-electron chi connectivity index (χ4n) is 1.87.